The topological polar surface area (TPSA) is 49.3 Å². The third-order valence-electron chi connectivity index (χ3n) is 3.17. The van der Waals surface area contributed by atoms with Crippen molar-refractivity contribution in [1.82, 2.24) is 0 Å². The Kier molecular flexibility index (Phi) is 5.31. The molecule has 0 saturated carbocycles. The molecule has 1 aromatic heterocycles. The lowest BCUT2D eigenvalue weighted by Crippen LogP contribution is -2.19. The molecule has 3 nitrogen and oxygen atoms in total. The highest BCUT2D eigenvalue weighted by molar-refractivity contribution is 7.98. The molecule has 0 radical (unpaired) electrons. The Labute approximate surface area is 133 Å². The third-order valence-corrected chi connectivity index (χ3v) is 4.97. The molecule has 0 aliphatic rings. The van der Waals surface area contributed by atoms with Crippen LogP contribution in [0.25, 0.3) is 0 Å². The van der Waals surface area contributed by atoms with Gasteiger partial charge < -0.3 is 10.4 Å². The molecule has 0 amide bonds. The molecule has 112 valence electrons. The number of aromatic carboxylic acids is 1. The van der Waals surface area contributed by atoms with E-state index in [2.05, 4.69) is 31.3 Å². The maximum absolute atomic E-state index is 11.5. The van der Waals surface area contributed by atoms with Crippen molar-refractivity contribution < 1.29 is 9.90 Å². The van der Waals surface area contributed by atoms with E-state index in [0.29, 0.717) is 11.3 Å². The predicted molar refractivity (Wildman–Crippen MR) is 91.0 cm³/mol. The molecule has 1 heterocycles. The molecule has 2 N–H and O–H groups in total. The Bertz CT molecular complexity index is 637. The van der Waals surface area contributed by atoms with Crippen molar-refractivity contribution in [3.8, 4) is 0 Å². The Hall–Kier alpha value is -1.46. The highest BCUT2D eigenvalue weighted by Crippen LogP contribution is 2.28. The molecule has 2 rings (SSSR count). The average Bonchev–Trinajstić information content (AvgIpc) is 2.83. The standard InChI is InChI=1S/C16H19NO2S2/c1-10(9-12-8-7-11(2)21-12)17-13-5-4-6-14(20-3)15(13)16(18)19/h4-8,10,17H,9H2,1-3H3,(H,18,19). The minimum absolute atomic E-state index is 0.179. The molecule has 0 aliphatic heterocycles. The summed E-state index contributed by atoms with van der Waals surface area (Å²) in [6.07, 6.45) is 2.78. The Morgan fingerprint density at radius 2 is 2.14 bits per heavy atom. The predicted octanol–water partition coefficient (Wildman–Crippen LogP) is 4.52. The van der Waals surface area contributed by atoms with E-state index in [0.717, 1.165) is 11.3 Å². The van der Waals surface area contributed by atoms with E-state index in [1.165, 1.54) is 21.5 Å². The molecular formula is C16H19NO2S2. The van der Waals surface area contributed by atoms with Crippen LogP contribution in [-0.2, 0) is 6.42 Å². The van der Waals surface area contributed by atoms with Crippen LogP contribution in [0.4, 0.5) is 5.69 Å². The van der Waals surface area contributed by atoms with E-state index >= 15 is 0 Å². The molecular weight excluding hydrogens is 302 g/mol. The maximum Gasteiger partial charge on any atom is 0.338 e. The lowest BCUT2D eigenvalue weighted by molar-refractivity contribution is 0.0694. The summed E-state index contributed by atoms with van der Waals surface area (Å²) in [4.78, 5) is 14.9. The molecule has 2 aromatic rings. The van der Waals surface area contributed by atoms with Gasteiger partial charge in [0.25, 0.3) is 0 Å². The van der Waals surface area contributed by atoms with Crippen molar-refractivity contribution in [2.24, 2.45) is 0 Å². The second kappa shape index (κ2) is 7.00. The monoisotopic (exact) mass is 321 g/mol. The molecule has 5 heteroatoms. The summed E-state index contributed by atoms with van der Waals surface area (Å²) >= 11 is 3.24. The molecule has 1 atom stereocenters. The first kappa shape index (κ1) is 15.9. The fourth-order valence-corrected chi connectivity index (χ4v) is 3.89. The van der Waals surface area contributed by atoms with E-state index < -0.39 is 5.97 Å². The summed E-state index contributed by atoms with van der Waals surface area (Å²) < 4.78 is 0. The molecule has 21 heavy (non-hydrogen) atoms. The highest BCUT2D eigenvalue weighted by atomic mass is 32.2. The zero-order valence-corrected chi connectivity index (χ0v) is 14.0. The van der Waals surface area contributed by atoms with Gasteiger partial charge in [-0.15, -0.1) is 23.1 Å². The Morgan fingerprint density at radius 3 is 2.71 bits per heavy atom. The van der Waals surface area contributed by atoms with Gasteiger partial charge in [-0.2, -0.15) is 0 Å². The number of carboxylic acids is 1. The van der Waals surface area contributed by atoms with Gasteiger partial charge in [-0.05, 0) is 44.4 Å². The number of carboxylic acid groups (broad SMARTS) is 1. The van der Waals surface area contributed by atoms with Gasteiger partial charge in [0.05, 0.1) is 11.3 Å². The first-order chi connectivity index (χ1) is 10.0. The smallest absolute Gasteiger partial charge is 0.338 e. The molecule has 0 fully saturated rings. The number of aryl methyl sites for hydroxylation is 1. The normalized spacial score (nSPS) is 12.1. The van der Waals surface area contributed by atoms with E-state index in [-0.39, 0.29) is 6.04 Å². The van der Waals surface area contributed by atoms with E-state index in [1.54, 1.807) is 11.3 Å². The first-order valence-corrected chi connectivity index (χ1v) is 8.77. The van der Waals surface area contributed by atoms with Crippen LogP contribution >= 0.6 is 23.1 Å². The van der Waals surface area contributed by atoms with Crippen LogP contribution in [0.3, 0.4) is 0 Å². The number of hydrogen-bond acceptors (Lipinski definition) is 4. The fourth-order valence-electron chi connectivity index (χ4n) is 2.26. The van der Waals surface area contributed by atoms with E-state index in [4.69, 9.17) is 0 Å². The third kappa shape index (κ3) is 4.02. The number of thiophene rings is 1. The average molecular weight is 321 g/mol. The van der Waals surface area contributed by atoms with Crippen LogP contribution in [0.5, 0.6) is 0 Å². The van der Waals surface area contributed by atoms with Gasteiger partial charge in [0.2, 0.25) is 0 Å². The van der Waals surface area contributed by atoms with Gasteiger partial charge in [-0.1, -0.05) is 6.07 Å². The number of nitrogens with one attached hydrogen (secondary N) is 1. The van der Waals surface area contributed by atoms with Crippen LogP contribution in [0, 0.1) is 6.92 Å². The number of rotatable bonds is 6. The van der Waals surface area contributed by atoms with Crippen LogP contribution in [0.1, 0.15) is 27.0 Å². The fraction of sp³-hybridized carbons (Fsp3) is 0.312. The molecule has 0 spiro atoms. The van der Waals surface area contributed by atoms with Crippen LogP contribution in [0.15, 0.2) is 35.2 Å². The van der Waals surface area contributed by atoms with E-state index in [1.807, 2.05) is 24.5 Å². The van der Waals surface area contributed by atoms with Crippen LogP contribution in [-0.4, -0.2) is 23.4 Å². The van der Waals surface area contributed by atoms with Gasteiger partial charge in [0.1, 0.15) is 0 Å². The van der Waals surface area contributed by atoms with Crippen molar-refractivity contribution in [2.45, 2.75) is 31.2 Å². The zero-order valence-electron chi connectivity index (χ0n) is 12.3. The van der Waals surface area contributed by atoms with Crippen molar-refractivity contribution in [3.63, 3.8) is 0 Å². The van der Waals surface area contributed by atoms with E-state index in [9.17, 15) is 9.90 Å². The molecule has 0 aliphatic carbocycles. The minimum atomic E-state index is -0.887. The number of thioether (sulfide) groups is 1. The molecule has 0 saturated heterocycles. The van der Waals surface area contributed by atoms with Crippen molar-refractivity contribution >= 4 is 34.8 Å². The quantitative estimate of drug-likeness (QED) is 0.768. The zero-order chi connectivity index (χ0) is 15.4. The molecule has 1 aromatic carbocycles. The second-order valence-corrected chi connectivity index (χ2v) is 7.17. The summed E-state index contributed by atoms with van der Waals surface area (Å²) in [5, 5.41) is 12.8. The Morgan fingerprint density at radius 1 is 1.38 bits per heavy atom. The lowest BCUT2D eigenvalue weighted by atomic mass is 10.1. The van der Waals surface area contributed by atoms with Gasteiger partial charge >= 0.3 is 5.97 Å². The SMILES string of the molecule is CSc1cccc(NC(C)Cc2ccc(C)s2)c1C(=O)O. The molecule has 0 bridgehead atoms. The maximum atomic E-state index is 11.5. The van der Waals surface area contributed by atoms with Gasteiger partial charge in [0.15, 0.2) is 0 Å². The van der Waals surface area contributed by atoms with Gasteiger partial charge in [-0.25, -0.2) is 4.79 Å². The summed E-state index contributed by atoms with van der Waals surface area (Å²) in [7, 11) is 0. The number of hydrogen-bond donors (Lipinski definition) is 2. The van der Waals surface area contributed by atoms with Crippen LogP contribution in [0.2, 0.25) is 0 Å². The van der Waals surface area contributed by atoms with Gasteiger partial charge in [-0.3, -0.25) is 0 Å². The van der Waals surface area contributed by atoms with Crippen molar-refractivity contribution in [3.05, 3.63) is 45.6 Å². The van der Waals surface area contributed by atoms with Crippen LogP contribution < -0.4 is 5.32 Å². The summed E-state index contributed by atoms with van der Waals surface area (Å²) in [5.41, 5.74) is 1.05. The summed E-state index contributed by atoms with van der Waals surface area (Å²) in [5.74, 6) is -0.887. The molecule has 1 unspecified atom stereocenters. The minimum Gasteiger partial charge on any atom is -0.478 e. The summed E-state index contributed by atoms with van der Waals surface area (Å²) in [6.45, 7) is 4.17. The summed E-state index contributed by atoms with van der Waals surface area (Å²) in [6, 6.07) is 9.99. The largest absolute Gasteiger partial charge is 0.478 e. The number of benzene rings is 1. The van der Waals surface area contributed by atoms with Crippen molar-refractivity contribution in [2.75, 3.05) is 11.6 Å². The second-order valence-electron chi connectivity index (χ2n) is 4.95. The first-order valence-electron chi connectivity index (χ1n) is 6.73. The number of anilines is 1. The lowest BCUT2D eigenvalue weighted by Gasteiger charge is -2.17. The highest BCUT2D eigenvalue weighted by Gasteiger charge is 2.16. The number of carbonyl (C=O) groups is 1. The Balaban J connectivity index is 2.17. The van der Waals surface area contributed by atoms with Crippen molar-refractivity contribution in [1.29, 1.82) is 0 Å². The van der Waals surface area contributed by atoms with Gasteiger partial charge in [0, 0.05) is 27.1 Å².